The van der Waals surface area contributed by atoms with Crippen molar-refractivity contribution in [3.8, 4) is 0 Å². The summed E-state index contributed by atoms with van der Waals surface area (Å²) in [6.45, 7) is 1.25. The monoisotopic (exact) mass is 479 g/mol. The molecule has 1 aromatic carbocycles. The number of carbonyl (C=O) groups excluding carboxylic acids is 1. The van der Waals surface area contributed by atoms with E-state index >= 15 is 0 Å². The number of urea groups is 1. The predicted octanol–water partition coefficient (Wildman–Crippen LogP) is 4.07. The number of pyridine rings is 1. The number of aromatic nitrogens is 1. The number of carbonyl (C=O) groups is 1. The summed E-state index contributed by atoms with van der Waals surface area (Å²) >= 11 is 0. The third-order valence-electron chi connectivity index (χ3n) is 6.09. The van der Waals surface area contributed by atoms with Gasteiger partial charge in [-0.1, -0.05) is 6.07 Å². The molecule has 0 radical (unpaired) electrons. The number of nitrogen functional groups attached to an aromatic ring is 1. The van der Waals surface area contributed by atoms with E-state index in [0.29, 0.717) is 23.8 Å². The fourth-order valence-corrected chi connectivity index (χ4v) is 4.27. The third-order valence-corrected chi connectivity index (χ3v) is 6.09. The van der Waals surface area contributed by atoms with Crippen molar-refractivity contribution in [2.75, 3.05) is 30.0 Å². The molecule has 4 bridgehead atoms. The number of nitrogens with one attached hydrogen (secondary N) is 3. The Hall–Kier alpha value is -2.52. The molecule has 1 unspecified atom stereocenters. The van der Waals surface area contributed by atoms with Gasteiger partial charge in [-0.2, -0.15) is 0 Å². The summed E-state index contributed by atoms with van der Waals surface area (Å²) in [7, 11) is 1.77. The number of amides is 2. The van der Waals surface area contributed by atoms with Gasteiger partial charge in [-0.3, -0.25) is 4.79 Å². The first-order valence-electron chi connectivity index (χ1n) is 10.7. The number of fused-ring (bicyclic) bond motifs is 5. The Morgan fingerprint density at radius 3 is 2.78 bits per heavy atom. The van der Waals surface area contributed by atoms with Gasteiger partial charge in [0, 0.05) is 48.3 Å². The van der Waals surface area contributed by atoms with E-state index < -0.39 is 6.03 Å². The van der Waals surface area contributed by atoms with Crippen LogP contribution in [0.4, 0.5) is 33.5 Å². The second kappa shape index (κ2) is 9.54. The first kappa shape index (κ1) is 22.7. The van der Waals surface area contributed by atoms with Crippen LogP contribution >= 0.6 is 0 Å². The van der Waals surface area contributed by atoms with Gasteiger partial charge in [0.1, 0.15) is 0 Å². The average molecular weight is 479 g/mol. The first-order chi connectivity index (χ1) is 15.1. The molecule has 172 valence electrons. The Labute approximate surface area is 197 Å². The topological polar surface area (TPSA) is 125 Å². The molecule has 5 N–H and O–H groups in total. The van der Waals surface area contributed by atoms with Crippen molar-refractivity contribution < 1.29 is 31.3 Å². The summed E-state index contributed by atoms with van der Waals surface area (Å²) in [5.74, 6) is 0.719. The van der Waals surface area contributed by atoms with Gasteiger partial charge in [-0.15, -0.1) is 0 Å². The Morgan fingerprint density at radius 2 is 2.06 bits per heavy atom. The van der Waals surface area contributed by atoms with E-state index in [2.05, 4.69) is 44.5 Å². The van der Waals surface area contributed by atoms with Crippen LogP contribution in [0.5, 0.6) is 0 Å². The molecule has 10 heteroatoms. The minimum absolute atomic E-state index is 0. The number of hydrogen-bond donors (Lipinski definition) is 4. The maximum atomic E-state index is 12.5. The van der Waals surface area contributed by atoms with Crippen molar-refractivity contribution in [2.24, 2.45) is 0 Å². The summed E-state index contributed by atoms with van der Waals surface area (Å²) in [6.07, 6.45) is 3.89. The van der Waals surface area contributed by atoms with Crippen molar-refractivity contribution in [1.29, 1.82) is 0 Å². The number of nitrogens with two attached hydrogens (primary N) is 1. The summed E-state index contributed by atoms with van der Waals surface area (Å²) in [4.78, 5) is 17.0. The fraction of sp³-hybridized carbons (Fsp3) is 0.455. The van der Waals surface area contributed by atoms with Crippen LogP contribution < -0.4 is 21.7 Å². The molecule has 2 amide bonds. The molecular formula is C22H27FeN6O3-. The third kappa shape index (κ3) is 4.63. The molecule has 1 saturated carbocycles. The molecule has 9 nitrogen and oxygen atoms in total. The Bertz CT molecular complexity index is 998. The fourth-order valence-electron chi connectivity index (χ4n) is 4.27. The van der Waals surface area contributed by atoms with E-state index in [1.807, 2.05) is 0 Å². The molecule has 1 saturated heterocycles. The Balaban J connectivity index is 0.00000245. The molecule has 3 atom stereocenters. The maximum absolute atomic E-state index is 12.5. The van der Waals surface area contributed by atoms with E-state index in [1.165, 1.54) is 0 Å². The van der Waals surface area contributed by atoms with Crippen LogP contribution in [0.3, 0.4) is 0 Å². The van der Waals surface area contributed by atoms with Crippen molar-refractivity contribution in [3.63, 3.8) is 0 Å². The van der Waals surface area contributed by atoms with Crippen molar-refractivity contribution in [1.82, 2.24) is 10.3 Å². The Morgan fingerprint density at radius 1 is 1.19 bits per heavy atom. The van der Waals surface area contributed by atoms with Gasteiger partial charge in [-0.25, -0.2) is 0 Å². The molecule has 5 rings (SSSR count). The number of hydrogen-bond acceptors (Lipinski definition) is 7. The smallest absolute Gasteiger partial charge is 0.216 e. The quantitative estimate of drug-likeness (QED) is 0.479. The zero-order valence-electron chi connectivity index (χ0n) is 17.8. The van der Waals surface area contributed by atoms with Gasteiger partial charge in [0.15, 0.2) is 0 Å². The number of ether oxygens (including phenoxy) is 2. The van der Waals surface area contributed by atoms with Crippen molar-refractivity contribution in [3.05, 3.63) is 40.7 Å². The molecule has 1 aromatic heterocycles. The van der Waals surface area contributed by atoms with Gasteiger partial charge in [0.05, 0.1) is 36.0 Å². The zero-order valence-corrected chi connectivity index (χ0v) is 18.9. The van der Waals surface area contributed by atoms with Crippen molar-refractivity contribution in [2.45, 2.75) is 50.5 Å². The van der Waals surface area contributed by atoms with Gasteiger partial charge >= 0.3 is 0 Å². The van der Waals surface area contributed by atoms with E-state index in [-0.39, 0.29) is 41.1 Å². The standard InChI is InChI=1S/C22H28N6O3.Fe/c1-24-16-10-19-25-14-8-12(7-13(9-14)17-3-2-6-30-17)11-31-18-5-4-15(18)26-22(29)28-21(27-19)20(16)23;/h7-10,15,17-18H,2-6,11,23H2,1H3,(H4,24,25,26,27,28,29);/p-1/t15-,17?,18-;/m1./s1. The van der Waals surface area contributed by atoms with E-state index in [9.17, 15) is 4.79 Å². The van der Waals surface area contributed by atoms with Gasteiger partial charge < -0.3 is 41.5 Å². The molecule has 0 spiro atoms. The van der Waals surface area contributed by atoms with Gasteiger partial charge in [0.2, 0.25) is 6.03 Å². The number of nitrogens with zero attached hydrogens (tertiary/aromatic N) is 2. The van der Waals surface area contributed by atoms with Gasteiger partial charge in [0.25, 0.3) is 0 Å². The van der Waals surface area contributed by atoms with Crippen LogP contribution in [-0.2, 0) is 33.1 Å². The molecule has 3 heterocycles. The molecular weight excluding hydrogens is 452 g/mol. The number of rotatable bonds is 2. The zero-order chi connectivity index (χ0) is 21.4. The second-order valence-corrected chi connectivity index (χ2v) is 8.23. The van der Waals surface area contributed by atoms with Crippen LogP contribution in [0, 0.1) is 0 Å². The van der Waals surface area contributed by atoms with Crippen LogP contribution in [-0.4, -0.2) is 36.8 Å². The van der Waals surface area contributed by atoms with E-state index in [4.69, 9.17) is 15.2 Å². The summed E-state index contributed by atoms with van der Waals surface area (Å²) in [5, 5.41) is 13.4. The Kier molecular flexibility index (Phi) is 6.76. The minimum atomic E-state index is -0.465. The predicted molar refractivity (Wildman–Crippen MR) is 119 cm³/mol. The van der Waals surface area contributed by atoms with Crippen molar-refractivity contribution >= 4 is 34.7 Å². The van der Waals surface area contributed by atoms with Crippen LogP contribution in [0.1, 0.15) is 42.9 Å². The maximum Gasteiger partial charge on any atom is 0.216 e. The molecule has 1 aliphatic carbocycles. The molecule has 3 aliphatic rings. The summed E-state index contributed by atoms with van der Waals surface area (Å²) in [5.41, 5.74) is 10.2. The van der Waals surface area contributed by atoms with Crippen LogP contribution in [0.2, 0.25) is 0 Å². The van der Waals surface area contributed by atoms with E-state index in [0.717, 1.165) is 49.1 Å². The normalized spacial score (nSPS) is 24.4. The summed E-state index contributed by atoms with van der Waals surface area (Å²) in [6, 6.07) is 7.56. The first-order valence-corrected chi connectivity index (χ1v) is 10.7. The average Bonchev–Trinajstić information content (AvgIpc) is 3.28. The minimum Gasteiger partial charge on any atom is -0.403 e. The number of benzene rings is 1. The molecule has 2 aromatic rings. The molecule has 32 heavy (non-hydrogen) atoms. The molecule has 2 fully saturated rings. The SMILES string of the molecule is CNc1cc2nc(c1N)[N-]C(=O)N[C@@H]1CC[C@H]1OCc1cc(cc(C3CCCO3)c1)N2.[Fe]. The second-order valence-electron chi connectivity index (χ2n) is 8.23. The molecule has 2 aliphatic heterocycles. The van der Waals surface area contributed by atoms with E-state index in [1.54, 1.807) is 13.1 Å². The van der Waals surface area contributed by atoms with Crippen LogP contribution in [0.25, 0.3) is 5.32 Å². The number of anilines is 4. The van der Waals surface area contributed by atoms with Crippen LogP contribution in [0.15, 0.2) is 24.3 Å². The van der Waals surface area contributed by atoms with Gasteiger partial charge in [-0.05, 0) is 55.0 Å². The largest absolute Gasteiger partial charge is 0.403 e. The summed E-state index contributed by atoms with van der Waals surface area (Å²) < 4.78 is 12.0.